The average molecular weight is 262 g/mol. The van der Waals surface area contributed by atoms with Crippen LogP contribution in [0.2, 0.25) is 0 Å². The van der Waals surface area contributed by atoms with Crippen molar-refractivity contribution in [3.63, 3.8) is 0 Å². The lowest BCUT2D eigenvalue weighted by atomic mass is 9.85. The fourth-order valence-corrected chi connectivity index (χ4v) is 3.64. The minimum Gasteiger partial charge on any atom is -0.392 e. The number of hydrogen-bond donors (Lipinski definition) is 1. The number of aryl methyl sites for hydroxylation is 2. The molecule has 100 valence electrons. The molecule has 0 aromatic heterocycles. The van der Waals surface area contributed by atoms with Crippen molar-refractivity contribution in [1.29, 1.82) is 0 Å². The van der Waals surface area contributed by atoms with E-state index in [2.05, 4.69) is 36.4 Å². The van der Waals surface area contributed by atoms with Crippen molar-refractivity contribution >= 4 is 21.5 Å². The Kier molecular flexibility index (Phi) is 2.75. The van der Waals surface area contributed by atoms with Crippen LogP contribution in [-0.4, -0.2) is 5.11 Å². The van der Waals surface area contributed by atoms with Gasteiger partial charge in [-0.1, -0.05) is 36.4 Å². The maximum Gasteiger partial charge on any atom is 0.0688 e. The molecule has 4 rings (SSSR count). The summed E-state index contributed by atoms with van der Waals surface area (Å²) in [6, 6.07) is 15.2. The largest absolute Gasteiger partial charge is 0.392 e. The van der Waals surface area contributed by atoms with Gasteiger partial charge < -0.3 is 5.11 Å². The standard InChI is InChI=1S/C19H18O/c20-12-14-11-19-15-6-2-1-5-13(15)9-10-18(19)17-8-4-3-7-16(14)17/h3-4,7-11,20H,1-2,5-6,12H2. The van der Waals surface area contributed by atoms with Crippen molar-refractivity contribution in [1.82, 2.24) is 0 Å². The molecular weight excluding hydrogens is 244 g/mol. The van der Waals surface area contributed by atoms with Crippen LogP contribution < -0.4 is 0 Å². The van der Waals surface area contributed by atoms with Gasteiger partial charge in [-0.15, -0.1) is 0 Å². The van der Waals surface area contributed by atoms with Crippen LogP contribution >= 0.6 is 0 Å². The zero-order chi connectivity index (χ0) is 13.5. The lowest BCUT2D eigenvalue weighted by Crippen LogP contribution is -2.03. The molecule has 0 spiro atoms. The molecule has 0 unspecified atom stereocenters. The van der Waals surface area contributed by atoms with Crippen LogP contribution in [0.1, 0.15) is 29.5 Å². The zero-order valence-corrected chi connectivity index (χ0v) is 11.5. The summed E-state index contributed by atoms with van der Waals surface area (Å²) in [5.74, 6) is 0. The van der Waals surface area contributed by atoms with E-state index in [-0.39, 0.29) is 6.61 Å². The smallest absolute Gasteiger partial charge is 0.0688 e. The van der Waals surface area contributed by atoms with Crippen LogP contribution in [0.25, 0.3) is 21.5 Å². The van der Waals surface area contributed by atoms with E-state index < -0.39 is 0 Å². The van der Waals surface area contributed by atoms with Crippen LogP contribution in [0.3, 0.4) is 0 Å². The molecular formula is C19H18O. The number of aliphatic hydroxyl groups excluding tert-OH is 1. The van der Waals surface area contributed by atoms with Gasteiger partial charge in [-0.3, -0.25) is 0 Å². The average Bonchev–Trinajstić information content (AvgIpc) is 2.53. The van der Waals surface area contributed by atoms with Crippen LogP contribution in [-0.2, 0) is 19.4 Å². The maximum atomic E-state index is 9.70. The Labute approximate surface area is 118 Å². The first-order valence-corrected chi connectivity index (χ1v) is 7.44. The van der Waals surface area contributed by atoms with E-state index in [1.807, 2.05) is 6.07 Å². The quantitative estimate of drug-likeness (QED) is 0.646. The highest BCUT2D eigenvalue weighted by Gasteiger charge is 2.14. The summed E-state index contributed by atoms with van der Waals surface area (Å²) in [4.78, 5) is 0. The number of benzene rings is 3. The van der Waals surface area contributed by atoms with Crippen molar-refractivity contribution in [2.24, 2.45) is 0 Å². The topological polar surface area (TPSA) is 20.2 Å². The summed E-state index contributed by atoms with van der Waals surface area (Å²) in [7, 11) is 0. The molecule has 0 saturated heterocycles. The second-order valence-electron chi connectivity index (χ2n) is 5.74. The van der Waals surface area contributed by atoms with E-state index >= 15 is 0 Å². The Morgan fingerprint density at radius 2 is 1.55 bits per heavy atom. The van der Waals surface area contributed by atoms with Gasteiger partial charge in [0.25, 0.3) is 0 Å². The highest BCUT2D eigenvalue weighted by atomic mass is 16.3. The van der Waals surface area contributed by atoms with Gasteiger partial charge in [0.1, 0.15) is 0 Å². The third-order valence-electron chi connectivity index (χ3n) is 4.63. The van der Waals surface area contributed by atoms with Crippen LogP contribution in [0.5, 0.6) is 0 Å². The number of rotatable bonds is 1. The minimum absolute atomic E-state index is 0.111. The third kappa shape index (κ3) is 1.66. The second kappa shape index (κ2) is 4.60. The number of fused-ring (bicyclic) bond motifs is 5. The molecule has 20 heavy (non-hydrogen) atoms. The highest BCUT2D eigenvalue weighted by Crippen LogP contribution is 2.35. The first-order valence-electron chi connectivity index (χ1n) is 7.44. The van der Waals surface area contributed by atoms with E-state index in [0.29, 0.717) is 0 Å². The fraction of sp³-hybridized carbons (Fsp3) is 0.263. The van der Waals surface area contributed by atoms with Gasteiger partial charge in [-0.25, -0.2) is 0 Å². The van der Waals surface area contributed by atoms with Crippen molar-refractivity contribution in [3.8, 4) is 0 Å². The predicted molar refractivity (Wildman–Crippen MR) is 84.0 cm³/mol. The first-order chi connectivity index (χ1) is 9.88. The summed E-state index contributed by atoms with van der Waals surface area (Å²) in [5, 5.41) is 14.8. The third-order valence-corrected chi connectivity index (χ3v) is 4.63. The normalized spacial score (nSPS) is 14.7. The van der Waals surface area contributed by atoms with E-state index in [1.54, 1.807) is 0 Å². The predicted octanol–water partition coefficient (Wildman–Crippen LogP) is 4.36. The molecule has 3 aromatic carbocycles. The summed E-state index contributed by atoms with van der Waals surface area (Å²) in [6.45, 7) is 0.111. The van der Waals surface area contributed by atoms with Gasteiger partial charge in [0.2, 0.25) is 0 Å². The van der Waals surface area contributed by atoms with Gasteiger partial charge in [-0.2, -0.15) is 0 Å². The maximum absolute atomic E-state index is 9.70. The van der Waals surface area contributed by atoms with Gasteiger partial charge in [0.05, 0.1) is 6.61 Å². The molecule has 1 aliphatic rings. The van der Waals surface area contributed by atoms with Crippen molar-refractivity contribution < 1.29 is 5.11 Å². The Bertz CT molecular complexity index is 802. The molecule has 0 heterocycles. The lowest BCUT2D eigenvalue weighted by molar-refractivity contribution is 0.283. The molecule has 0 fully saturated rings. The first kappa shape index (κ1) is 11.9. The Morgan fingerprint density at radius 3 is 2.40 bits per heavy atom. The van der Waals surface area contributed by atoms with Crippen molar-refractivity contribution in [2.45, 2.75) is 32.3 Å². The molecule has 0 saturated carbocycles. The minimum atomic E-state index is 0.111. The van der Waals surface area contributed by atoms with Crippen LogP contribution in [0.15, 0.2) is 42.5 Å². The monoisotopic (exact) mass is 262 g/mol. The van der Waals surface area contributed by atoms with Gasteiger partial charge in [0.15, 0.2) is 0 Å². The summed E-state index contributed by atoms with van der Waals surface area (Å²) >= 11 is 0. The van der Waals surface area contributed by atoms with Crippen LogP contribution in [0.4, 0.5) is 0 Å². The lowest BCUT2D eigenvalue weighted by Gasteiger charge is -2.19. The number of hydrogen-bond acceptors (Lipinski definition) is 1. The molecule has 3 aromatic rings. The molecule has 0 aliphatic heterocycles. The van der Waals surface area contributed by atoms with Crippen molar-refractivity contribution in [2.75, 3.05) is 0 Å². The van der Waals surface area contributed by atoms with Gasteiger partial charge in [-0.05, 0) is 70.0 Å². The molecule has 0 amide bonds. The van der Waals surface area contributed by atoms with E-state index in [4.69, 9.17) is 0 Å². The summed E-state index contributed by atoms with van der Waals surface area (Å²) < 4.78 is 0. The Balaban J connectivity index is 2.17. The molecule has 1 aliphatic carbocycles. The fourth-order valence-electron chi connectivity index (χ4n) is 3.64. The molecule has 0 bridgehead atoms. The zero-order valence-electron chi connectivity index (χ0n) is 11.5. The molecule has 0 atom stereocenters. The Morgan fingerprint density at radius 1 is 0.800 bits per heavy atom. The second-order valence-corrected chi connectivity index (χ2v) is 5.74. The number of aliphatic hydroxyl groups is 1. The summed E-state index contributed by atoms with van der Waals surface area (Å²) in [5.41, 5.74) is 4.06. The molecule has 1 heteroatoms. The van der Waals surface area contributed by atoms with Gasteiger partial charge >= 0.3 is 0 Å². The summed E-state index contributed by atoms with van der Waals surface area (Å²) in [6.07, 6.45) is 4.97. The highest BCUT2D eigenvalue weighted by molar-refractivity contribution is 6.10. The van der Waals surface area contributed by atoms with E-state index in [0.717, 1.165) is 5.56 Å². The van der Waals surface area contributed by atoms with E-state index in [1.165, 1.54) is 58.4 Å². The Hall–Kier alpha value is -1.86. The molecule has 1 N–H and O–H groups in total. The van der Waals surface area contributed by atoms with Crippen LogP contribution in [0, 0.1) is 0 Å². The van der Waals surface area contributed by atoms with Gasteiger partial charge in [0, 0.05) is 0 Å². The molecule has 1 nitrogen and oxygen atoms in total. The SMILES string of the molecule is OCc1cc2c3c(ccc2c2ccccc12)CCCC3. The molecule has 0 radical (unpaired) electrons. The van der Waals surface area contributed by atoms with Crippen molar-refractivity contribution in [3.05, 3.63) is 59.2 Å². The van der Waals surface area contributed by atoms with E-state index in [9.17, 15) is 5.11 Å².